The van der Waals surface area contributed by atoms with Gasteiger partial charge < -0.3 is 20.2 Å². The van der Waals surface area contributed by atoms with E-state index in [1.54, 1.807) is 11.8 Å². The molecule has 1 aromatic heterocycles. The molecule has 7 nitrogen and oxygen atoms in total. The van der Waals surface area contributed by atoms with Gasteiger partial charge in [0, 0.05) is 26.2 Å². The Morgan fingerprint density at radius 3 is 2.52 bits per heavy atom. The molecule has 0 aliphatic carbocycles. The van der Waals surface area contributed by atoms with Crippen molar-refractivity contribution in [3.05, 3.63) is 15.6 Å². The molecule has 0 radical (unpaired) electrons. The van der Waals surface area contributed by atoms with E-state index in [1.165, 1.54) is 0 Å². The lowest BCUT2D eigenvalue weighted by molar-refractivity contribution is 0.0701. The summed E-state index contributed by atoms with van der Waals surface area (Å²) in [5.41, 5.74) is 0.494. The van der Waals surface area contributed by atoms with Crippen molar-refractivity contribution in [1.82, 2.24) is 20.1 Å². The van der Waals surface area contributed by atoms with E-state index in [1.807, 2.05) is 0 Å². The molecule has 116 valence electrons. The summed E-state index contributed by atoms with van der Waals surface area (Å²) < 4.78 is 0. The van der Waals surface area contributed by atoms with Crippen LogP contribution in [0, 0.1) is 6.92 Å². The Kier molecular flexibility index (Phi) is 5.13. The van der Waals surface area contributed by atoms with Gasteiger partial charge in [0.05, 0.1) is 12.2 Å². The summed E-state index contributed by atoms with van der Waals surface area (Å²) >= 11 is 1.11. The number of carboxylic acids is 1. The second kappa shape index (κ2) is 6.86. The number of likely N-dealkylation sites (N-methyl/N-ethyl adjacent to an activating group) is 1. The predicted molar refractivity (Wildman–Crippen MR) is 79.7 cm³/mol. The summed E-state index contributed by atoms with van der Waals surface area (Å²) in [5, 5.41) is 12.4. The van der Waals surface area contributed by atoms with Crippen molar-refractivity contribution in [3.63, 3.8) is 0 Å². The molecule has 0 aromatic carbocycles. The van der Waals surface area contributed by atoms with Gasteiger partial charge in [-0.2, -0.15) is 0 Å². The first-order valence-electron chi connectivity index (χ1n) is 6.96. The molecule has 1 aliphatic heterocycles. The van der Waals surface area contributed by atoms with Gasteiger partial charge in [0.2, 0.25) is 0 Å². The molecule has 1 saturated heterocycles. The molecule has 21 heavy (non-hydrogen) atoms. The molecular weight excluding hydrogens is 292 g/mol. The second-order valence-electron chi connectivity index (χ2n) is 4.91. The van der Waals surface area contributed by atoms with Crippen LogP contribution in [0.3, 0.4) is 0 Å². The number of amides is 2. The number of aromatic nitrogens is 1. The second-order valence-corrected chi connectivity index (χ2v) is 5.99. The van der Waals surface area contributed by atoms with Gasteiger partial charge in [-0.15, -0.1) is 11.3 Å². The van der Waals surface area contributed by atoms with E-state index in [0.717, 1.165) is 44.1 Å². The lowest BCUT2D eigenvalue weighted by atomic mass is 10.3. The summed E-state index contributed by atoms with van der Waals surface area (Å²) in [6.07, 6.45) is 0. The highest BCUT2D eigenvalue weighted by atomic mass is 32.1. The van der Waals surface area contributed by atoms with E-state index in [-0.39, 0.29) is 17.5 Å². The Hall–Kier alpha value is -1.67. The van der Waals surface area contributed by atoms with Gasteiger partial charge in [0.25, 0.3) is 0 Å². The topological polar surface area (TPSA) is 85.8 Å². The molecule has 0 spiro atoms. The number of carbonyl (C=O) groups excluding carboxylic acids is 1. The first-order chi connectivity index (χ1) is 10.0. The van der Waals surface area contributed by atoms with Gasteiger partial charge in [0.1, 0.15) is 9.88 Å². The van der Waals surface area contributed by atoms with E-state index < -0.39 is 5.97 Å². The minimum absolute atomic E-state index is 0.115. The minimum atomic E-state index is -0.974. The Morgan fingerprint density at radius 2 is 2.00 bits per heavy atom. The molecule has 1 aromatic rings. The van der Waals surface area contributed by atoms with Crippen molar-refractivity contribution in [1.29, 1.82) is 0 Å². The third-order valence-corrected chi connectivity index (χ3v) is 4.68. The molecule has 0 atom stereocenters. The van der Waals surface area contributed by atoms with Crippen molar-refractivity contribution in [3.8, 4) is 0 Å². The van der Waals surface area contributed by atoms with E-state index >= 15 is 0 Å². The molecule has 0 unspecified atom stereocenters. The SMILES string of the molecule is CCN1CCN(C(=O)NCc2nc(C)c(C(=O)O)s2)CC1. The molecular formula is C13H20N4O3S. The highest BCUT2D eigenvalue weighted by molar-refractivity contribution is 7.13. The third kappa shape index (κ3) is 3.92. The quantitative estimate of drug-likeness (QED) is 0.866. The maximum atomic E-state index is 12.0. The van der Waals surface area contributed by atoms with Crippen molar-refractivity contribution < 1.29 is 14.7 Å². The Bertz CT molecular complexity index is 523. The van der Waals surface area contributed by atoms with E-state index in [2.05, 4.69) is 22.1 Å². The largest absolute Gasteiger partial charge is 0.477 e. The maximum absolute atomic E-state index is 12.0. The van der Waals surface area contributed by atoms with Crippen LogP contribution in [0.4, 0.5) is 4.79 Å². The average Bonchev–Trinajstić information content (AvgIpc) is 2.86. The van der Waals surface area contributed by atoms with Gasteiger partial charge in [-0.25, -0.2) is 14.6 Å². The molecule has 2 amide bonds. The van der Waals surface area contributed by atoms with E-state index in [4.69, 9.17) is 5.11 Å². The zero-order valence-electron chi connectivity index (χ0n) is 12.3. The number of carboxylic acid groups (broad SMARTS) is 1. The van der Waals surface area contributed by atoms with E-state index in [0.29, 0.717) is 10.7 Å². The summed E-state index contributed by atoms with van der Waals surface area (Å²) in [7, 11) is 0. The van der Waals surface area contributed by atoms with Gasteiger partial charge in [-0.3, -0.25) is 0 Å². The van der Waals surface area contributed by atoms with Gasteiger partial charge in [-0.1, -0.05) is 6.92 Å². The summed E-state index contributed by atoms with van der Waals surface area (Å²) in [4.78, 5) is 31.5. The van der Waals surface area contributed by atoms with E-state index in [9.17, 15) is 9.59 Å². The number of urea groups is 1. The van der Waals surface area contributed by atoms with Crippen LogP contribution in [0.25, 0.3) is 0 Å². The zero-order chi connectivity index (χ0) is 15.4. The van der Waals surface area contributed by atoms with Crippen LogP contribution in [0.1, 0.15) is 27.3 Å². The normalized spacial score (nSPS) is 16.0. The number of piperazine rings is 1. The number of nitrogens with one attached hydrogen (secondary N) is 1. The number of nitrogens with zero attached hydrogens (tertiary/aromatic N) is 3. The molecule has 1 aliphatic rings. The standard InChI is InChI=1S/C13H20N4O3S/c1-3-16-4-6-17(7-5-16)13(20)14-8-10-15-9(2)11(21-10)12(18)19/h3-8H2,1-2H3,(H,14,20)(H,18,19). The lowest BCUT2D eigenvalue weighted by Gasteiger charge is -2.33. The molecule has 0 bridgehead atoms. The van der Waals surface area contributed by atoms with Gasteiger partial charge in [0.15, 0.2) is 0 Å². The number of aryl methyl sites for hydroxylation is 1. The molecule has 0 saturated carbocycles. The van der Waals surface area contributed by atoms with Crippen molar-refractivity contribution in [2.45, 2.75) is 20.4 Å². The van der Waals surface area contributed by atoms with Crippen molar-refractivity contribution in [2.24, 2.45) is 0 Å². The molecule has 2 heterocycles. The average molecular weight is 312 g/mol. The Morgan fingerprint density at radius 1 is 1.33 bits per heavy atom. The van der Waals surface area contributed by atoms with Crippen LogP contribution in [0.5, 0.6) is 0 Å². The number of thiazole rings is 1. The monoisotopic (exact) mass is 312 g/mol. The van der Waals surface area contributed by atoms with Crippen LogP contribution >= 0.6 is 11.3 Å². The molecule has 2 rings (SSSR count). The number of carbonyl (C=O) groups is 2. The summed E-state index contributed by atoms with van der Waals surface area (Å²) in [6, 6.07) is -0.115. The van der Waals surface area contributed by atoms with Gasteiger partial charge >= 0.3 is 12.0 Å². The number of hydrogen-bond donors (Lipinski definition) is 2. The van der Waals surface area contributed by atoms with Crippen LogP contribution in [-0.2, 0) is 6.54 Å². The van der Waals surface area contributed by atoms with Crippen molar-refractivity contribution >= 4 is 23.3 Å². The first-order valence-corrected chi connectivity index (χ1v) is 7.77. The molecule has 8 heteroatoms. The number of aromatic carboxylic acids is 1. The van der Waals surface area contributed by atoms with Gasteiger partial charge in [-0.05, 0) is 13.5 Å². The lowest BCUT2D eigenvalue weighted by Crippen LogP contribution is -2.51. The Labute approximate surface area is 127 Å². The highest BCUT2D eigenvalue weighted by Crippen LogP contribution is 2.17. The molecule has 1 fully saturated rings. The number of rotatable bonds is 4. The Balaban J connectivity index is 1.84. The maximum Gasteiger partial charge on any atom is 0.347 e. The predicted octanol–water partition coefficient (Wildman–Crippen LogP) is 0.997. The highest BCUT2D eigenvalue weighted by Gasteiger charge is 2.20. The van der Waals surface area contributed by atoms with Crippen LogP contribution < -0.4 is 5.32 Å². The van der Waals surface area contributed by atoms with Crippen LogP contribution in [-0.4, -0.2) is 64.6 Å². The van der Waals surface area contributed by atoms with Crippen molar-refractivity contribution in [2.75, 3.05) is 32.7 Å². The molecule has 2 N–H and O–H groups in total. The first kappa shape index (κ1) is 15.7. The zero-order valence-corrected chi connectivity index (χ0v) is 13.1. The fourth-order valence-electron chi connectivity index (χ4n) is 2.26. The number of hydrogen-bond acceptors (Lipinski definition) is 5. The van der Waals surface area contributed by atoms with Crippen LogP contribution in [0.15, 0.2) is 0 Å². The fraction of sp³-hybridized carbons (Fsp3) is 0.615. The minimum Gasteiger partial charge on any atom is -0.477 e. The smallest absolute Gasteiger partial charge is 0.347 e. The summed E-state index contributed by atoms with van der Waals surface area (Å²) in [6.45, 7) is 8.27. The third-order valence-electron chi connectivity index (χ3n) is 3.53. The fourth-order valence-corrected chi connectivity index (χ4v) is 3.10. The van der Waals surface area contributed by atoms with Crippen LogP contribution in [0.2, 0.25) is 0 Å². The summed E-state index contributed by atoms with van der Waals surface area (Å²) in [5.74, 6) is -0.974.